The average molecular weight is 350 g/mol. The number of hydrogen-bond acceptors (Lipinski definition) is 2. The van der Waals surface area contributed by atoms with Crippen molar-refractivity contribution >= 4 is 30.8 Å². The van der Waals surface area contributed by atoms with Crippen LogP contribution in [0.15, 0.2) is 79.0 Å². The summed E-state index contributed by atoms with van der Waals surface area (Å²) in [4.78, 5) is 22.2. The molecular weight excluding hydrogens is 333 g/mol. The highest BCUT2D eigenvalue weighted by Crippen LogP contribution is 2.40. The summed E-state index contributed by atoms with van der Waals surface area (Å²) in [5, 5.41) is 4.34. The first-order chi connectivity index (χ1) is 12.2. The molecule has 2 atom stereocenters. The molecule has 0 aliphatic carbocycles. The highest BCUT2D eigenvalue weighted by atomic mass is 31.1. The molecule has 0 saturated heterocycles. The number of nitrogens with one attached hydrogen (secondary N) is 1. The molecule has 0 aromatic heterocycles. The lowest BCUT2D eigenvalue weighted by Gasteiger charge is -2.08. The van der Waals surface area contributed by atoms with E-state index in [0.29, 0.717) is 5.56 Å². The van der Waals surface area contributed by atoms with E-state index < -0.39 is 19.6 Å². The van der Waals surface area contributed by atoms with Crippen molar-refractivity contribution in [2.75, 3.05) is 0 Å². The summed E-state index contributed by atoms with van der Waals surface area (Å²) in [6, 6.07) is 22.4. The van der Waals surface area contributed by atoms with Crippen LogP contribution in [0.1, 0.15) is 16.8 Å². The van der Waals surface area contributed by atoms with Gasteiger partial charge in [-0.2, -0.15) is 4.89 Å². The van der Waals surface area contributed by atoms with Crippen LogP contribution in [0, 0.1) is 0 Å². The second kappa shape index (κ2) is 7.84. The van der Waals surface area contributed by atoms with Crippen LogP contribution in [0.2, 0.25) is 0 Å². The Morgan fingerprint density at radius 2 is 1.64 bits per heavy atom. The molecule has 0 saturated carbocycles. The predicted molar refractivity (Wildman–Crippen MR) is 100 cm³/mol. The molecular formula is C20H17NO3P+. The van der Waals surface area contributed by atoms with E-state index in [2.05, 4.69) is 5.32 Å². The normalized spacial score (nSPS) is 12.9. The summed E-state index contributed by atoms with van der Waals surface area (Å²) >= 11 is 0. The van der Waals surface area contributed by atoms with Gasteiger partial charge in [0.1, 0.15) is 0 Å². The fraction of sp³-hybridized carbons (Fsp3) is 0.0500. The van der Waals surface area contributed by atoms with Crippen molar-refractivity contribution < 1.29 is 14.3 Å². The zero-order valence-electron chi connectivity index (χ0n) is 13.4. The molecule has 0 bridgehead atoms. The maximum Gasteiger partial charge on any atom is 0.523 e. The van der Waals surface area contributed by atoms with E-state index in [1.165, 1.54) is 6.20 Å². The molecule has 25 heavy (non-hydrogen) atoms. The SMILES string of the molecule is O=C(NC=Cc1ccccc1)C(c1cccc2ccccc12)[P+](=O)O. The molecule has 3 aromatic rings. The minimum absolute atomic E-state index is 0.507. The first-order valence-electron chi connectivity index (χ1n) is 7.81. The minimum atomic E-state index is -2.72. The minimum Gasteiger partial charge on any atom is -0.328 e. The fourth-order valence-corrected chi connectivity index (χ4v) is 3.45. The zero-order chi connectivity index (χ0) is 17.6. The van der Waals surface area contributed by atoms with Crippen LogP contribution < -0.4 is 5.32 Å². The Kier molecular flexibility index (Phi) is 5.34. The van der Waals surface area contributed by atoms with Gasteiger partial charge >= 0.3 is 8.03 Å². The van der Waals surface area contributed by atoms with Gasteiger partial charge in [0.2, 0.25) is 0 Å². The van der Waals surface area contributed by atoms with E-state index >= 15 is 0 Å². The van der Waals surface area contributed by atoms with Crippen molar-refractivity contribution in [1.82, 2.24) is 5.32 Å². The van der Waals surface area contributed by atoms with E-state index in [4.69, 9.17) is 0 Å². The van der Waals surface area contributed by atoms with Crippen molar-refractivity contribution in [3.05, 3.63) is 90.1 Å². The molecule has 5 heteroatoms. The van der Waals surface area contributed by atoms with E-state index in [1.54, 1.807) is 18.2 Å². The second-order valence-electron chi connectivity index (χ2n) is 5.53. The van der Waals surface area contributed by atoms with Gasteiger partial charge in [-0.15, -0.1) is 0 Å². The number of carbonyl (C=O) groups excluding carboxylic acids is 1. The maximum atomic E-state index is 12.5. The van der Waals surface area contributed by atoms with Crippen molar-refractivity contribution in [3.8, 4) is 0 Å². The Bertz CT molecular complexity index is 933. The topological polar surface area (TPSA) is 66.4 Å². The molecule has 2 N–H and O–H groups in total. The van der Waals surface area contributed by atoms with Crippen molar-refractivity contribution in [1.29, 1.82) is 0 Å². The van der Waals surface area contributed by atoms with Crippen LogP contribution in [-0.4, -0.2) is 10.8 Å². The van der Waals surface area contributed by atoms with Crippen LogP contribution in [0.5, 0.6) is 0 Å². The number of benzene rings is 3. The Morgan fingerprint density at radius 3 is 2.40 bits per heavy atom. The van der Waals surface area contributed by atoms with Gasteiger partial charge in [-0.1, -0.05) is 72.8 Å². The smallest absolute Gasteiger partial charge is 0.328 e. The van der Waals surface area contributed by atoms with Gasteiger partial charge in [0.05, 0.1) is 0 Å². The van der Waals surface area contributed by atoms with Crippen molar-refractivity contribution in [2.45, 2.75) is 5.66 Å². The molecule has 3 aromatic carbocycles. The molecule has 2 unspecified atom stereocenters. The molecule has 4 nitrogen and oxygen atoms in total. The Morgan fingerprint density at radius 1 is 0.960 bits per heavy atom. The third kappa shape index (κ3) is 4.00. The van der Waals surface area contributed by atoms with E-state index in [9.17, 15) is 14.3 Å². The first kappa shape index (κ1) is 17.0. The third-order valence-electron chi connectivity index (χ3n) is 3.89. The Labute approximate surface area is 146 Å². The summed E-state index contributed by atoms with van der Waals surface area (Å²) in [6.07, 6.45) is 3.23. The highest BCUT2D eigenvalue weighted by molar-refractivity contribution is 7.39. The van der Waals surface area contributed by atoms with Crippen LogP contribution in [0.25, 0.3) is 16.8 Å². The number of amides is 1. The fourth-order valence-electron chi connectivity index (χ4n) is 2.71. The Hall–Kier alpha value is -2.81. The molecule has 0 aliphatic rings. The lowest BCUT2D eigenvalue weighted by atomic mass is 10.0. The highest BCUT2D eigenvalue weighted by Gasteiger charge is 2.39. The van der Waals surface area contributed by atoms with Crippen molar-refractivity contribution in [2.24, 2.45) is 0 Å². The third-order valence-corrected chi connectivity index (χ3v) is 4.84. The van der Waals surface area contributed by atoms with Gasteiger partial charge in [-0.05, 0) is 27.0 Å². The standard InChI is InChI=1S/C20H16NO3P/c22-20(21-14-13-15-7-2-1-3-8-15)19(25(23)24)18-12-6-10-16-9-4-5-11-17(16)18/h1-14,19H,(H-,21,22,23,24)/p+1. The molecule has 0 heterocycles. The quantitative estimate of drug-likeness (QED) is 0.670. The van der Waals surface area contributed by atoms with E-state index in [1.807, 2.05) is 60.7 Å². The molecule has 1 amide bonds. The number of fused-ring (bicyclic) bond motifs is 1. The summed E-state index contributed by atoms with van der Waals surface area (Å²) in [7, 11) is -2.72. The summed E-state index contributed by atoms with van der Waals surface area (Å²) in [5.74, 6) is -0.507. The molecule has 0 radical (unpaired) electrons. The lowest BCUT2D eigenvalue weighted by Crippen LogP contribution is -2.23. The van der Waals surface area contributed by atoms with E-state index in [0.717, 1.165) is 16.3 Å². The summed E-state index contributed by atoms with van der Waals surface area (Å²) in [6.45, 7) is 0. The van der Waals surface area contributed by atoms with Crippen LogP contribution in [0.3, 0.4) is 0 Å². The maximum absolute atomic E-state index is 12.5. The van der Waals surface area contributed by atoms with E-state index in [-0.39, 0.29) is 0 Å². The number of hydrogen-bond donors (Lipinski definition) is 2. The summed E-state index contributed by atoms with van der Waals surface area (Å²) in [5.41, 5.74) is 0.353. The summed E-state index contributed by atoms with van der Waals surface area (Å²) < 4.78 is 11.9. The van der Waals surface area contributed by atoms with Crippen LogP contribution in [0.4, 0.5) is 0 Å². The largest absolute Gasteiger partial charge is 0.523 e. The molecule has 0 aliphatic heterocycles. The van der Waals surface area contributed by atoms with Gasteiger partial charge in [-0.25, -0.2) is 0 Å². The molecule has 3 rings (SSSR count). The van der Waals surface area contributed by atoms with Crippen LogP contribution in [-0.2, 0) is 9.36 Å². The van der Waals surface area contributed by atoms with Gasteiger partial charge < -0.3 is 5.32 Å². The van der Waals surface area contributed by atoms with Crippen LogP contribution >= 0.6 is 8.03 Å². The monoisotopic (exact) mass is 350 g/mol. The number of carbonyl (C=O) groups is 1. The predicted octanol–water partition coefficient (Wildman–Crippen LogP) is 4.40. The Balaban J connectivity index is 1.87. The molecule has 0 spiro atoms. The first-order valence-corrected chi connectivity index (χ1v) is 9.10. The average Bonchev–Trinajstić information content (AvgIpc) is 2.63. The van der Waals surface area contributed by atoms with Gasteiger partial charge in [0.15, 0.2) is 0 Å². The molecule has 0 fully saturated rings. The number of rotatable bonds is 5. The van der Waals surface area contributed by atoms with Crippen molar-refractivity contribution in [3.63, 3.8) is 0 Å². The molecule has 124 valence electrons. The second-order valence-corrected chi connectivity index (χ2v) is 6.65. The zero-order valence-corrected chi connectivity index (χ0v) is 14.3. The van der Waals surface area contributed by atoms with Gasteiger partial charge in [-0.3, -0.25) is 4.79 Å². The van der Waals surface area contributed by atoms with Gasteiger partial charge in [0.25, 0.3) is 11.6 Å². The lowest BCUT2D eigenvalue weighted by molar-refractivity contribution is -0.119. The van der Waals surface area contributed by atoms with Gasteiger partial charge in [0, 0.05) is 11.8 Å².